The zero-order valence-corrected chi connectivity index (χ0v) is 18.7. The first kappa shape index (κ1) is 23.5. The number of aromatic hydroxyl groups is 1. The van der Waals surface area contributed by atoms with Crippen molar-refractivity contribution >= 4 is 57.8 Å². The molecule has 2 aromatic carbocycles. The number of hydrogen-bond donors (Lipinski definition) is 3. The molecule has 0 unspecified atom stereocenters. The number of carbonyl (C=O) groups excluding carboxylic acids is 2. The van der Waals surface area contributed by atoms with Crippen LogP contribution in [0.5, 0.6) is 5.75 Å². The number of nitrogens with one attached hydrogen (secondary N) is 1. The van der Waals surface area contributed by atoms with Gasteiger partial charge in [-0.3, -0.25) is 14.5 Å². The number of carbonyl (C=O) groups is 3. The SMILES string of the molecule is O=C(CCCCCN1C(=O)C(=Cc2ccccc2)SC1=S)Nc1ccc(C(=O)O)c(O)c1. The lowest BCUT2D eigenvalue weighted by atomic mass is 10.1. The number of anilines is 1. The van der Waals surface area contributed by atoms with Gasteiger partial charge in [-0.25, -0.2) is 4.79 Å². The van der Waals surface area contributed by atoms with Crippen molar-refractivity contribution in [3.63, 3.8) is 0 Å². The Hall–Kier alpha value is -3.17. The van der Waals surface area contributed by atoms with Crippen LogP contribution in [-0.2, 0) is 9.59 Å². The summed E-state index contributed by atoms with van der Waals surface area (Å²) in [4.78, 5) is 37.8. The van der Waals surface area contributed by atoms with Gasteiger partial charge < -0.3 is 15.5 Å². The van der Waals surface area contributed by atoms with Crippen molar-refractivity contribution in [3.05, 3.63) is 64.6 Å². The first-order valence-corrected chi connectivity index (χ1v) is 11.2. The van der Waals surface area contributed by atoms with Gasteiger partial charge in [-0.15, -0.1) is 0 Å². The van der Waals surface area contributed by atoms with Crippen LogP contribution in [-0.4, -0.2) is 43.8 Å². The van der Waals surface area contributed by atoms with Crippen molar-refractivity contribution in [1.82, 2.24) is 4.90 Å². The highest BCUT2D eigenvalue weighted by atomic mass is 32.2. The molecule has 3 rings (SSSR count). The molecule has 1 aliphatic rings. The average molecular weight is 471 g/mol. The molecule has 32 heavy (non-hydrogen) atoms. The molecule has 2 aromatic rings. The number of phenols is 1. The number of nitrogens with zero attached hydrogens (tertiary/aromatic N) is 1. The van der Waals surface area contributed by atoms with Crippen LogP contribution < -0.4 is 5.32 Å². The van der Waals surface area contributed by atoms with E-state index in [2.05, 4.69) is 5.32 Å². The van der Waals surface area contributed by atoms with E-state index in [9.17, 15) is 19.5 Å². The third-order valence-electron chi connectivity index (χ3n) is 4.77. The standard InChI is InChI=1S/C23H22N2O5S2/c26-18-14-16(10-11-17(18)22(29)30)24-20(27)9-5-2-6-12-25-21(28)19(32-23(25)31)13-15-7-3-1-4-8-15/h1,3-4,7-8,10-11,13-14,26H,2,5-6,9,12H2,(H,24,27)(H,29,30). The molecule has 0 spiro atoms. The second-order valence-electron chi connectivity index (χ2n) is 7.14. The summed E-state index contributed by atoms with van der Waals surface area (Å²) in [6.45, 7) is 0.503. The van der Waals surface area contributed by atoms with E-state index in [-0.39, 0.29) is 23.8 Å². The molecule has 0 aliphatic carbocycles. The minimum atomic E-state index is -1.24. The summed E-state index contributed by atoms with van der Waals surface area (Å²) in [6.07, 6.45) is 4.19. The summed E-state index contributed by atoms with van der Waals surface area (Å²) in [5, 5.41) is 21.2. The average Bonchev–Trinajstić information content (AvgIpc) is 3.01. The minimum absolute atomic E-state index is 0.0915. The van der Waals surface area contributed by atoms with Gasteiger partial charge in [0.05, 0.1) is 4.91 Å². The predicted molar refractivity (Wildman–Crippen MR) is 128 cm³/mol. The molecule has 9 heteroatoms. The van der Waals surface area contributed by atoms with E-state index in [1.54, 1.807) is 4.90 Å². The minimum Gasteiger partial charge on any atom is -0.507 e. The van der Waals surface area contributed by atoms with Crippen LogP contribution in [0.4, 0.5) is 5.69 Å². The number of thioether (sulfide) groups is 1. The Morgan fingerprint density at radius 3 is 2.53 bits per heavy atom. The molecule has 166 valence electrons. The maximum Gasteiger partial charge on any atom is 0.339 e. The van der Waals surface area contributed by atoms with Crippen LogP contribution in [0.2, 0.25) is 0 Å². The van der Waals surface area contributed by atoms with Crippen LogP contribution in [0.3, 0.4) is 0 Å². The number of hydrogen-bond acceptors (Lipinski definition) is 6. The highest BCUT2D eigenvalue weighted by Crippen LogP contribution is 2.32. The lowest BCUT2D eigenvalue weighted by molar-refractivity contribution is -0.122. The fraction of sp³-hybridized carbons (Fsp3) is 0.217. The highest BCUT2D eigenvalue weighted by Gasteiger charge is 2.31. The van der Waals surface area contributed by atoms with Crippen molar-refractivity contribution in [2.75, 3.05) is 11.9 Å². The Kier molecular flexibility index (Phi) is 8.02. The first-order chi connectivity index (χ1) is 15.3. The molecular formula is C23H22N2O5S2. The summed E-state index contributed by atoms with van der Waals surface area (Å²) in [7, 11) is 0. The molecule has 0 saturated carbocycles. The van der Waals surface area contributed by atoms with E-state index in [0.29, 0.717) is 34.3 Å². The highest BCUT2D eigenvalue weighted by molar-refractivity contribution is 8.26. The smallest absolute Gasteiger partial charge is 0.339 e. The molecule has 1 aliphatic heterocycles. The summed E-state index contributed by atoms with van der Waals surface area (Å²) in [5.41, 5.74) is 1.06. The molecule has 1 heterocycles. The molecule has 3 N–H and O–H groups in total. The van der Waals surface area contributed by atoms with E-state index in [1.165, 1.54) is 30.0 Å². The molecule has 0 radical (unpaired) electrons. The maximum atomic E-state index is 12.6. The number of amides is 2. The van der Waals surface area contributed by atoms with Crippen LogP contribution >= 0.6 is 24.0 Å². The largest absolute Gasteiger partial charge is 0.507 e. The first-order valence-electron chi connectivity index (χ1n) is 10.0. The summed E-state index contributed by atoms with van der Waals surface area (Å²) in [6, 6.07) is 13.5. The topological polar surface area (TPSA) is 107 Å². The number of unbranched alkanes of at least 4 members (excludes halogenated alkanes) is 2. The third-order valence-corrected chi connectivity index (χ3v) is 6.15. The number of aromatic carboxylic acids is 1. The normalized spacial score (nSPS) is 14.8. The van der Waals surface area contributed by atoms with E-state index in [1.807, 2.05) is 36.4 Å². The quantitative estimate of drug-likeness (QED) is 0.282. The molecule has 0 atom stereocenters. The van der Waals surface area contributed by atoms with Crippen LogP contribution in [0.15, 0.2) is 53.4 Å². The van der Waals surface area contributed by atoms with Gasteiger partial charge in [0, 0.05) is 24.7 Å². The Morgan fingerprint density at radius 1 is 1.09 bits per heavy atom. The molecule has 2 amide bonds. The zero-order chi connectivity index (χ0) is 23.1. The van der Waals surface area contributed by atoms with Crippen molar-refractivity contribution in [2.24, 2.45) is 0 Å². The lowest BCUT2D eigenvalue weighted by Gasteiger charge is -2.14. The van der Waals surface area contributed by atoms with Gasteiger partial charge >= 0.3 is 5.97 Å². The number of benzene rings is 2. The second kappa shape index (κ2) is 10.9. The van der Waals surface area contributed by atoms with Crippen molar-refractivity contribution in [2.45, 2.75) is 25.7 Å². The van der Waals surface area contributed by atoms with Crippen LogP contribution in [0, 0.1) is 0 Å². The van der Waals surface area contributed by atoms with Gasteiger partial charge in [-0.1, -0.05) is 60.7 Å². The number of rotatable bonds is 9. The number of carboxylic acid groups (broad SMARTS) is 1. The van der Waals surface area contributed by atoms with E-state index in [0.717, 1.165) is 12.0 Å². The molecular weight excluding hydrogens is 448 g/mol. The summed E-state index contributed by atoms with van der Waals surface area (Å²) < 4.78 is 0.541. The summed E-state index contributed by atoms with van der Waals surface area (Å²) in [5.74, 6) is -1.97. The maximum absolute atomic E-state index is 12.6. The molecule has 0 bridgehead atoms. The molecule has 1 saturated heterocycles. The second-order valence-corrected chi connectivity index (χ2v) is 8.82. The van der Waals surface area contributed by atoms with Gasteiger partial charge in [0.25, 0.3) is 5.91 Å². The van der Waals surface area contributed by atoms with E-state index < -0.39 is 11.7 Å². The Labute approximate surface area is 195 Å². The third kappa shape index (κ3) is 6.18. The van der Waals surface area contributed by atoms with Crippen LogP contribution in [0.25, 0.3) is 6.08 Å². The molecule has 0 aromatic heterocycles. The Balaban J connectivity index is 1.41. The zero-order valence-electron chi connectivity index (χ0n) is 17.1. The number of carboxylic acids is 1. The van der Waals surface area contributed by atoms with Gasteiger partial charge in [0.1, 0.15) is 15.6 Å². The van der Waals surface area contributed by atoms with Gasteiger partial charge in [0.2, 0.25) is 5.91 Å². The predicted octanol–water partition coefficient (Wildman–Crippen LogP) is 4.49. The van der Waals surface area contributed by atoms with E-state index in [4.69, 9.17) is 17.3 Å². The molecule has 1 fully saturated rings. The Bertz CT molecular complexity index is 1070. The molecule has 7 nitrogen and oxygen atoms in total. The van der Waals surface area contributed by atoms with Crippen LogP contribution in [0.1, 0.15) is 41.6 Å². The lowest BCUT2D eigenvalue weighted by Crippen LogP contribution is -2.29. The van der Waals surface area contributed by atoms with Gasteiger partial charge in [0.15, 0.2) is 0 Å². The fourth-order valence-corrected chi connectivity index (χ4v) is 4.45. The fourth-order valence-electron chi connectivity index (χ4n) is 3.14. The Morgan fingerprint density at radius 2 is 1.84 bits per heavy atom. The van der Waals surface area contributed by atoms with Gasteiger partial charge in [-0.05, 0) is 36.6 Å². The number of thiocarbonyl (C=S) groups is 1. The summed E-state index contributed by atoms with van der Waals surface area (Å²) >= 11 is 6.64. The van der Waals surface area contributed by atoms with Crippen molar-refractivity contribution < 1.29 is 24.6 Å². The van der Waals surface area contributed by atoms with Crippen molar-refractivity contribution in [3.8, 4) is 5.75 Å². The van der Waals surface area contributed by atoms with E-state index >= 15 is 0 Å². The van der Waals surface area contributed by atoms with Gasteiger partial charge in [-0.2, -0.15) is 0 Å². The monoisotopic (exact) mass is 470 g/mol. The van der Waals surface area contributed by atoms with Crippen molar-refractivity contribution in [1.29, 1.82) is 0 Å².